The fourth-order valence-electron chi connectivity index (χ4n) is 5.74. The van der Waals surface area contributed by atoms with Crippen molar-refractivity contribution >= 4 is 48.6 Å². The first-order valence-electron chi connectivity index (χ1n) is 14.0. The van der Waals surface area contributed by atoms with Gasteiger partial charge in [0, 0.05) is 39.3 Å². The number of likely N-dealkylation sites (N-methyl/N-ethyl adjacent to an activating group) is 1. The predicted molar refractivity (Wildman–Crippen MR) is 163 cm³/mol. The molecule has 5 rings (SSSR count). The number of nitrogens with zero attached hydrogens (tertiary/aromatic N) is 4. The van der Waals surface area contributed by atoms with E-state index in [0.29, 0.717) is 54.4 Å². The summed E-state index contributed by atoms with van der Waals surface area (Å²) in [5.41, 5.74) is 0.837. The molecule has 226 valence electrons. The molecule has 0 N–H and O–H groups in total. The Morgan fingerprint density at radius 1 is 1.07 bits per heavy atom. The average Bonchev–Trinajstić information content (AvgIpc) is 3.51. The summed E-state index contributed by atoms with van der Waals surface area (Å²) < 4.78 is 40.5. The Morgan fingerprint density at radius 3 is 2.26 bits per heavy atom. The molecule has 2 aromatic carbocycles. The molecule has 42 heavy (non-hydrogen) atoms. The van der Waals surface area contributed by atoms with Crippen LogP contribution in [0.2, 0.25) is 0 Å². The van der Waals surface area contributed by atoms with Gasteiger partial charge in [0.25, 0.3) is 0 Å². The lowest BCUT2D eigenvalue weighted by atomic mass is 9.80. The lowest BCUT2D eigenvalue weighted by molar-refractivity contribution is -0.159. The molecule has 1 aromatic heterocycles. The van der Waals surface area contributed by atoms with Crippen LogP contribution in [0.25, 0.3) is 10.2 Å². The zero-order valence-corrected chi connectivity index (χ0v) is 26.6. The second-order valence-electron chi connectivity index (χ2n) is 12.2. The molecule has 12 heteroatoms. The summed E-state index contributed by atoms with van der Waals surface area (Å²) in [6, 6.07) is 11.1. The third kappa shape index (κ3) is 5.90. The summed E-state index contributed by atoms with van der Waals surface area (Å²) in [5.74, 6) is -0.427. The van der Waals surface area contributed by atoms with Crippen LogP contribution in [0.15, 0.2) is 41.3 Å². The summed E-state index contributed by atoms with van der Waals surface area (Å²) in [6.45, 7) is 7.50. The highest BCUT2D eigenvalue weighted by molar-refractivity contribution is 7.89. The van der Waals surface area contributed by atoms with Gasteiger partial charge in [0.15, 0.2) is 5.13 Å². The fraction of sp³-hybridized carbons (Fsp3) is 0.500. The number of aromatic nitrogens is 1. The number of carbonyl (C=O) groups excluding carboxylic acids is 2. The van der Waals surface area contributed by atoms with Gasteiger partial charge in [0.1, 0.15) is 16.2 Å². The van der Waals surface area contributed by atoms with E-state index in [9.17, 15) is 18.0 Å². The third-order valence-electron chi connectivity index (χ3n) is 7.87. The summed E-state index contributed by atoms with van der Waals surface area (Å²) in [5, 5.41) is 0.408. The lowest BCUT2D eigenvalue weighted by Gasteiger charge is -2.31. The quantitative estimate of drug-likeness (QED) is 0.371. The number of hydrogen-bond donors (Lipinski definition) is 0. The molecule has 1 saturated heterocycles. The molecular formula is C30H38N4O6S2. The van der Waals surface area contributed by atoms with Gasteiger partial charge in [-0.2, -0.15) is 4.31 Å². The van der Waals surface area contributed by atoms with E-state index in [0.717, 1.165) is 11.1 Å². The number of esters is 1. The van der Waals surface area contributed by atoms with Gasteiger partial charge in [0.2, 0.25) is 15.9 Å². The average molecular weight is 615 g/mol. The Balaban J connectivity index is 1.47. The normalized spacial score (nSPS) is 17.7. The van der Waals surface area contributed by atoms with Gasteiger partial charge in [-0.1, -0.05) is 35.6 Å². The van der Waals surface area contributed by atoms with E-state index in [-0.39, 0.29) is 23.0 Å². The molecule has 1 aliphatic carbocycles. The smallest absolute Gasteiger partial charge is 0.307 e. The number of sulfonamides is 1. The summed E-state index contributed by atoms with van der Waals surface area (Å²) in [7, 11) is 1.25. The minimum atomic E-state index is -3.81. The van der Waals surface area contributed by atoms with Crippen LogP contribution in [0.4, 0.5) is 5.13 Å². The molecule has 2 aliphatic rings. The minimum absolute atomic E-state index is 0.0560. The second-order valence-corrected chi connectivity index (χ2v) is 15.1. The van der Waals surface area contributed by atoms with Crippen LogP contribution in [0.5, 0.6) is 5.75 Å². The van der Waals surface area contributed by atoms with Gasteiger partial charge in [-0.15, -0.1) is 0 Å². The van der Waals surface area contributed by atoms with Crippen LogP contribution in [-0.4, -0.2) is 87.5 Å². The van der Waals surface area contributed by atoms with Crippen molar-refractivity contribution in [3.05, 3.63) is 47.5 Å². The maximum absolute atomic E-state index is 14.3. The highest BCUT2D eigenvalue weighted by Gasteiger charge is 2.48. The van der Waals surface area contributed by atoms with Crippen LogP contribution in [0.1, 0.15) is 38.3 Å². The number of piperazine rings is 1. The van der Waals surface area contributed by atoms with Crippen molar-refractivity contribution in [3.63, 3.8) is 0 Å². The molecule has 2 heterocycles. The maximum atomic E-state index is 14.3. The molecule has 0 spiro atoms. The monoisotopic (exact) mass is 614 g/mol. The first-order valence-corrected chi connectivity index (χ1v) is 16.2. The molecule has 0 atom stereocenters. The van der Waals surface area contributed by atoms with E-state index in [4.69, 9.17) is 14.5 Å². The van der Waals surface area contributed by atoms with Crippen LogP contribution < -0.4 is 9.64 Å². The van der Waals surface area contributed by atoms with E-state index in [2.05, 4.69) is 4.90 Å². The van der Waals surface area contributed by atoms with Gasteiger partial charge in [-0.3, -0.25) is 14.5 Å². The first kappa shape index (κ1) is 30.4. The van der Waals surface area contributed by atoms with E-state index in [1.807, 2.05) is 52.1 Å². The number of thiazole rings is 1. The summed E-state index contributed by atoms with van der Waals surface area (Å²) >= 11 is 1.27. The van der Waals surface area contributed by atoms with Crippen LogP contribution in [-0.2, 0) is 37.2 Å². The summed E-state index contributed by atoms with van der Waals surface area (Å²) in [6.07, 6.45) is 0.768. The molecule has 0 radical (unpaired) electrons. The van der Waals surface area contributed by atoms with Gasteiger partial charge in [0.05, 0.1) is 29.2 Å². The van der Waals surface area contributed by atoms with E-state index >= 15 is 0 Å². The van der Waals surface area contributed by atoms with Crippen molar-refractivity contribution in [1.82, 2.24) is 14.2 Å². The Kier molecular flexibility index (Phi) is 8.12. The number of anilines is 1. The molecule has 1 fully saturated rings. The zero-order chi connectivity index (χ0) is 30.4. The Morgan fingerprint density at radius 2 is 1.69 bits per heavy atom. The number of methoxy groups -OCH3 is 1. The van der Waals surface area contributed by atoms with Crippen molar-refractivity contribution in [1.29, 1.82) is 0 Å². The van der Waals surface area contributed by atoms with Crippen LogP contribution >= 0.6 is 11.3 Å². The standard InChI is InChI=1S/C30H38N4O6S2/c1-29(2,3)40-26(35)19-30(17-20-9-7-8-10-21(20)18-30)27(36)33(5)28-31-22-15-25(23(39-6)16-24(22)41-28)42(37,38)34-13-11-32(4)12-14-34/h7-10,15-16H,11-14,17-19H2,1-6H3. The Hall–Kier alpha value is -3.06. The molecular weight excluding hydrogens is 576 g/mol. The van der Waals surface area contributed by atoms with Gasteiger partial charge in [-0.05, 0) is 57.9 Å². The number of benzene rings is 2. The molecule has 3 aromatic rings. The Labute approximate surface area is 251 Å². The van der Waals surface area contributed by atoms with Gasteiger partial charge >= 0.3 is 5.97 Å². The van der Waals surface area contributed by atoms with Crippen molar-refractivity contribution in [3.8, 4) is 5.75 Å². The SMILES string of the molecule is COc1cc2sc(N(C)C(=O)C3(CC(=O)OC(C)(C)C)Cc4ccccc4C3)nc2cc1S(=O)(=O)N1CCN(C)CC1. The summed E-state index contributed by atoms with van der Waals surface area (Å²) in [4.78, 5) is 35.6. The van der Waals surface area contributed by atoms with Crippen molar-refractivity contribution < 1.29 is 27.5 Å². The highest BCUT2D eigenvalue weighted by Crippen LogP contribution is 2.44. The Bertz CT molecular complexity index is 1600. The zero-order valence-electron chi connectivity index (χ0n) is 25.0. The number of rotatable bonds is 7. The topological polar surface area (TPSA) is 109 Å². The highest BCUT2D eigenvalue weighted by atomic mass is 32.2. The second kappa shape index (κ2) is 11.2. The molecule has 0 unspecified atom stereocenters. The number of carbonyl (C=O) groups is 2. The molecule has 1 amide bonds. The van der Waals surface area contributed by atoms with Crippen LogP contribution in [0, 0.1) is 5.41 Å². The predicted octanol–water partition coefficient (Wildman–Crippen LogP) is 3.72. The molecule has 1 aliphatic heterocycles. The number of hydrogen-bond acceptors (Lipinski definition) is 9. The van der Waals surface area contributed by atoms with Crippen molar-refractivity contribution in [2.24, 2.45) is 5.41 Å². The largest absolute Gasteiger partial charge is 0.495 e. The third-order valence-corrected chi connectivity index (χ3v) is 10.9. The molecule has 10 nitrogen and oxygen atoms in total. The van der Waals surface area contributed by atoms with E-state index in [1.165, 1.54) is 33.7 Å². The fourth-order valence-corrected chi connectivity index (χ4v) is 8.25. The molecule has 0 bridgehead atoms. The van der Waals surface area contributed by atoms with Crippen molar-refractivity contribution in [2.45, 2.75) is 50.5 Å². The van der Waals surface area contributed by atoms with Gasteiger partial charge < -0.3 is 14.4 Å². The van der Waals surface area contributed by atoms with Crippen LogP contribution in [0.3, 0.4) is 0 Å². The molecule has 0 saturated carbocycles. The minimum Gasteiger partial charge on any atom is -0.495 e. The number of ether oxygens (including phenoxy) is 2. The number of amides is 1. The lowest BCUT2D eigenvalue weighted by Crippen LogP contribution is -2.47. The first-order chi connectivity index (χ1) is 19.7. The maximum Gasteiger partial charge on any atom is 0.307 e. The van der Waals surface area contributed by atoms with Crippen molar-refractivity contribution in [2.75, 3.05) is 52.3 Å². The van der Waals surface area contributed by atoms with Gasteiger partial charge in [-0.25, -0.2) is 13.4 Å². The number of fused-ring (bicyclic) bond motifs is 2. The van der Waals surface area contributed by atoms with E-state index in [1.54, 1.807) is 13.1 Å². The van der Waals surface area contributed by atoms with E-state index < -0.39 is 27.0 Å².